The van der Waals surface area contributed by atoms with Crippen LogP contribution in [0.15, 0.2) is 48.5 Å². The number of fused-ring (bicyclic) bond motifs is 1. The predicted molar refractivity (Wildman–Crippen MR) is 102 cm³/mol. The quantitative estimate of drug-likeness (QED) is 0.496. The Balaban J connectivity index is 2.21. The fraction of sp³-hybridized carbons (Fsp3) is 0.105. The topological polar surface area (TPSA) is 137 Å². The van der Waals surface area contributed by atoms with E-state index in [0.29, 0.717) is 22.2 Å². The molecule has 3 N–H and O–H groups in total. The van der Waals surface area contributed by atoms with E-state index in [9.17, 15) is 19.7 Å². The summed E-state index contributed by atoms with van der Waals surface area (Å²) in [5.74, 6) is -1.03. The third-order valence-electron chi connectivity index (χ3n) is 4.05. The van der Waals surface area contributed by atoms with Crippen molar-refractivity contribution in [2.24, 2.45) is 5.73 Å². The summed E-state index contributed by atoms with van der Waals surface area (Å²) in [6, 6.07) is 12.7. The number of hydrogen-bond acceptors (Lipinski definition) is 6. The number of para-hydroxylation sites is 1. The van der Waals surface area contributed by atoms with Gasteiger partial charge in [-0.2, -0.15) is 0 Å². The molecule has 0 saturated heterocycles. The Morgan fingerprint density at radius 1 is 1.18 bits per heavy atom. The third kappa shape index (κ3) is 3.58. The minimum absolute atomic E-state index is 0.0667. The number of nitro groups is 1. The molecule has 0 atom stereocenters. The van der Waals surface area contributed by atoms with Gasteiger partial charge in [0.25, 0.3) is 11.6 Å². The Morgan fingerprint density at radius 2 is 1.86 bits per heavy atom. The number of nitrogens with one attached hydrogen (secondary N) is 1. The monoisotopic (exact) mass is 380 g/mol. The van der Waals surface area contributed by atoms with Crippen LogP contribution in [0.25, 0.3) is 22.2 Å². The zero-order valence-electron chi connectivity index (χ0n) is 14.8. The third-order valence-corrected chi connectivity index (χ3v) is 4.05. The number of rotatable bonds is 6. The fourth-order valence-electron chi connectivity index (χ4n) is 2.81. The van der Waals surface area contributed by atoms with E-state index in [4.69, 9.17) is 10.5 Å². The van der Waals surface area contributed by atoms with E-state index < -0.39 is 16.7 Å². The Morgan fingerprint density at radius 3 is 2.46 bits per heavy atom. The summed E-state index contributed by atoms with van der Waals surface area (Å²) >= 11 is 0. The number of benzene rings is 2. The summed E-state index contributed by atoms with van der Waals surface area (Å²) in [6.07, 6.45) is 0. The number of methoxy groups -OCH3 is 1. The SMILES string of the molecule is COc1c(-c2ccc([N+](=O)[O-])cc2)nc2ccccc2c1C(=O)NCC(N)=O. The first kappa shape index (κ1) is 18.8. The van der Waals surface area contributed by atoms with Gasteiger partial charge in [0.15, 0.2) is 5.75 Å². The molecule has 1 heterocycles. The Bertz CT molecular complexity index is 1080. The van der Waals surface area contributed by atoms with Crippen molar-refractivity contribution in [3.63, 3.8) is 0 Å². The molecule has 2 aromatic carbocycles. The van der Waals surface area contributed by atoms with Crippen molar-refractivity contribution in [3.8, 4) is 17.0 Å². The van der Waals surface area contributed by atoms with Gasteiger partial charge in [-0.1, -0.05) is 18.2 Å². The van der Waals surface area contributed by atoms with Gasteiger partial charge >= 0.3 is 0 Å². The van der Waals surface area contributed by atoms with Crippen LogP contribution in [-0.4, -0.2) is 35.4 Å². The zero-order chi connectivity index (χ0) is 20.3. The number of hydrogen-bond donors (Lipinski definition) is 2. The molecule has 0 aliphatic rings. The number of nitrogens with two attached hydrogens (primary N) is 1. The number of carbonyl (C=O) groups is 2. The second-order valence-corrected chi connectivity index (χ2v) is 5.84. The van der Waals surface area contributed by atoms with Gasteiger partial charge in [0.05, 0.1) is 29.7 Å². The molecule has 3 aromatic rings. The molecule has 9 heteroatoms. The number of ether oxygens (including phenoxy) is 1. The van der Waals surface area contributed by atoms with Gasteiger partial charge in [-0.3, -0.25) is 19.7 Å². The van der Waals surface area contributed by atoms with Crippen molar-refractivity contribution in [3.05, 3.63) is 64.2 Å². The van der Waals surface area contributed by atoms with Gasteiger partial charge in [0, 0.05) is 23.1 Å². The van der Waals surface area contributed by atoms with E-state index >= 15 is 0 Å². The summed E-state index contributed by atoms with van der Waals surface area (Å²) in [5, 5.41) is 13.9. The average Bonchev–Trinajstić information content (AvgIpc) is 2.70. The van der Waals surface area contributed by atoms with E-state index in [-0.39, 0.29) is 23.5 Å². The molecule has 28 heavy (non-hydrogen) atoms. The van der Waals surface area contributed by atoms with Crippen LogP contribution >= 0.6 is 0 Å². The van der Waals surface area contributed by atoms with Crippen LogP contribution in [0.4, 0.5) is 5.69 Å². The molecular weight excluding hydrogens is 364 g/mol. The normalized spacial score (nSPS) is 10.5. The van der Waals surface area contributed by atoms with Crippen molar-refractivity contribution < 1.29 is 19.2 Å². The largest absolute Gasteiger partial charge is 0.494 e. The Labute approximate surface area is 159 Å². The molecule has 0 radical (unpaired) electrons. The number of amides is 2. The van der Waals surface area contributed by atoms with E-state index in [2.05, 4.69) is 10.3 Å². The minimum atomic E-state index is -0.679. The maximum atomic E-state index is 12.8. The maximum absolute atomic E-state index is 12.8. The molecule has 0 bridgehead atoms. The van der Waals surface area contributed by atoms with Crippen LogP contribution in [0.2, 0.25) is 0 Å². The standard InChI is InChI=1S/C19H16N4O5/c1-28-18-16(19(25)21-10-15(20)24)13-4-2-3-5-14(13)22-17(18)11-6-8-12(9-7-11)23(26)27/h2-9H,10H2,1H3,(H2,20,24)(H,21,25). The molecule has 0 spiro atoms. The fourth-order valence-corrected chi connectivity index (χ4v) is 2.81. The van der Waals surface area contributed by atoms with Crippen LogP contribution in [-0.2, 0) is 4.79 Å². The van der Waals surface area contributed by atoms with Crippen LogP contribution in [0.3, 0.4) is 0 Å². The number of aromatic nitrogens is 1. The van der Waals surface area contributed by atoms with Gasteiger partial charge in [0.1, 0.15) is 5.69 Å². The van der Waals surface area contributed by atoms with Crippen LogP contribution < -0.4 is 15.8 Å². The van der Waals surface area contributed by atoms with Gasteiger partial charge in [-0.05, 0) is 18.2 Å². The maximum Gasteiger partial charge on any atom is 0.269 e. The highest BCUT2D eigenvalue weighted by atomic mass is 16.6. The number of primary amides is 1. The van der Waals surface area contributed by atoms with Gasteiger partial charge in [-0.25, -0.2) is 4.98 Å². The molecule has 142 valence electrons. The number of carbonyl (C=O) groups excluding carboxylic acids is 2. The first-order valence-electron chi connectivity index (χ1n) is 8.20. The van der Waals surface area contributed by atoms with Crippen molar-refractivity contribution in [1.82, 2.24) is 10.3 Å². The lowest BCUT2D eigenvalue weighted by Gasteiger charge is -2.15. The highest BCUT2D eigenvalue weighted by Crippen LogP contribution is 2.36. The van der Waals surface area contributed by atoms with E-state index in [1.807, 2.05) is 0 Å². The van der Waals surface area contributed by atoms with Gasteiger partial charge in [-0.15, -0.1) is 0 Å². The Kier molecular flexibility index (Phi) is 5.16. The first-order valence-corrected chi connectivity index (χ1v) is 8.20. The molecule has 0 saturated carbocycles. The molecule has 9 nitrogen and oxygen atoms in total. The number of nitro benzene ring substituents is 1. The number of pyridine rings is 1. The smallest absolute Gasteiger partial charge is 0.269 e. The molecule has 0 fully saturated rings. The summed E-state index contributed by atoms with van der Waals surface area (Å²) in [4.78, 5) is 38.7. The van der Waals surface area contributed by atoms with Gasteiger partial charge in [0.2, 0.25) is 5.91 Å². The molecule has 0 aliphatic heterocycles. The highest BCUT2D eigenvalue weighted by molar-refractivity contribution is 6.11. The molecular formula is C19H16N4O5. The summed E-state index contributed by atoms with van der Waals surface area (Å²) in [6.45, 7) is -0.328. The molecule has 3 rings (SSSR count). The average molecular weight is 380 g/mol. The van der Waals surface area contributed by atoms with Crippen molar-refractivity contribution >= 4 is 28.4 Å². The van der Waals surface area contributed by atoms with E-state index in [0.717, 1.165) is 0 Å². The number of non-ortho nitro benzene ring substituents is 1. The molecule has 0 aliphatic carbocycles. The lowest BCUT2D eigenvalue weighted by atomic mass is 10.0. The second kappa shape index (κ2) is 7.70. The summed E-state index contributed by atoms with van der Waals surface area (Å²) in [7, 11) is 1.39. The van der Waals surface area contributed by atoms with E-state index in [1.54, 1.807) is 24.3 Å². The van der Waals surface area contributed by atoms with Crippen LogP contribution in [0.1, 0.15) is 10.4 Å². The molecule has 0 unspecified atom stereocenters. The van der Waals surface area contributed by atoms with Crippen molar-refractivity contribution in [1.29, 1.82) is 0 Å². The summed E-state index contributed by atoms with van der Waals surface area (Å²) in [5.41, 5.74) is 6.65. The van der Waals surface area contributed by atoms with E-state index in [1.165, 1.54) is 31.4 Å². The lowest BCUT2D eigenvalue weighted by Crippen LogP contribution is -2.33. The summed E-state index contributed by atoms with van der Waals surface area (Å²) < 4.78 is 5.47. The van der Waals surface area contributed by atoms with Crippen molar-refractivity contribution in [2.75, 3.05) is 13.7 Å². The number of nitrogens with zero attached hydrogens (tertiary/aromatic N) is 2. The van der Waals surface area contributed by atoms with Crippen LogP contribution in [0.5, 0.6) is 5.75 Å². The molecule has 1 aromatic heterocycles. The van der Waals surface area contributed by atoms with Crippen molar-refractivity contribution in [2.45, 2.75) is 0 Å². The van der Waals surface area contributed by atoms with Crippen LogP contribution in [0, 0.1) is 10.1 Å². The lowest BCUT2D eigenvalue weighted by molar-refractivity contribution is -0.384. The first-order chi connectivity index (χ1) is 13.4. The minimum Gasteiger partial charge on any atom is -0.494 e. The Hall–Kier alpha value is -4.01. The highest BCUT2D eigenvalue weighted by Gasteiger charge is 2.23. The molecule has 2 amide bonds. The predicted octanol–water partition coefficient (Wildman–Crippen LogP) is 2.03. The second-order valence-electron chi connectivity index (χ2n) is 5.84. The zero-order valence-corrected chi connectivity index (χ0v) is 14.8. The van der Waals surface area contributed by atoms with Gasteiger partial charge < -0.3 is 15.8 Å².